The highest BCUT2D eigenvalue weighted by molar-refractivity contribution is 7.99. The van der Waals surface area contributed by atoms with Gasteiger partial charge in [-0.25, -0.2) is 0 Å². The summed E-state index contributed by atoms with van der Waals surface area (Å²) in [5.74, 6) is -0.406. The molecule has 8 heteroatoms. The van der Waals surface area contributed by atoms with Crippen LogP contribution in [0.5, 0.6) is 0 Å². The zero-order valence-electron chi connectivity index (χ0n) is 13.5. The first-order valence-corrected chi connectivity index (χ1v) is 9.25. The van der Waals surface area contributed by atoms with Crippen molar-refractivity contribution in [3.05, 3.63) is 58.1 Å². The van der Waals surface area contributed by atoms with Crippen LogP contribution in [0.15, 0.2) is 47.4 Å². The highest BCUT2D eigenvalue weighted by Gasteiger charge is 2.09. The third-order valence-electron chi connectivity index (χ3n) is 3.13. The number of anilines is 1. The van der Waals surface area contributed by atoms with Crippen molar-refractivity contribution in [2.45, 2.75) is 11.3 Å². The highest BCUT2D eigenvalue weighted by atomic mass is 35.5. The lowest BCUT2D eigenvalue weighted by Gasteiger charge is -2.07. The second-order valence-corrected chi connectivity index (χ2v) is 7.08. The number of halogens is 2. The van der Waals surface area contributed by atoms with Gasteiger partial charge in [0.05, 0.1) is 17.0 Å². The van der Waals surface area contributed by atoms with Gasteiger partial charge >= 0.3 is 5.97 Å². The van der Waals surface area contributed by atoms with E-state index in [9.17, 15) is 9.59 Å². The van der Waals surface area contributed by atoms with Crippen molar-refractivity contribution >= 4 is 52.5 Å². The number of nitrogens with one attached hydrogen (secondary N) is 1. The lowest BCUT2D eigenvalue weighted by Crippen LogP contribution is -2.21. The molecule has 0 spiro atoms. The molecule has 5 nitrogen and oxygen atoms in total. The molecule has 0 atom stereocenters. The second-order valence-electron chi connectivity index (χ2n) is 5.07. The summed E-state index contributed by atoms with van der Waals surface area (Å²) in [5, 5.41) is 12.2. The van der Waals surface area contributed by atoms with E-state index in [0.29, 0.717) is 22.0 Å². The molecule has 0 aliphatic heterocycles. The van der Waals surface area contributed by atoms with Crippen LogP contribution in [-0.2, 0) is 14.3 Å². The molecule has 0 unspecified atom stereocenters. The van der Waals surface area contributed by atoms with E-state index in [2.05, 4.69) is 5.32 Å². The fraction of sp³-hybridized carbons (Fsp3) is 0.167. The number of carbonyl (C=O) groups is 2. The summed E-state index contributed by atoms with van der Waals surface area (Å²) >= 11 is 13.2. The van der Waals surface area contributed by atoms with Gasteiger partial charge in [0.15, 0.2) is 6.61 Å². The van der Waals surface area contributed by atoms with Crippen molar-refractivity contribution in [3.8, 4) is 6.07 Å². The number of nitrogens with zero attached hydrogens (tertiary/aromatic N) is 1. The van der Waals surface area contributed by atoms with E-state index in [4.69, 9.17) is 33.2 Å². The van der Waals surface area contributed by atoms with Crippen LogP contribution in [-0.4, -0.2) is 24.2 Å². The molecular formula is C18H14Cl2N2O3S. The van der Waals surface area contributed by atoms with Gasteiger partial charge in [-0.15, -0.1) is 11.8 Å². The van der Waals surface area contributed by atoms with Gasteiger partial charge in [-0.3, -0.25) is 9.59 Å². The maximum atomic E-state index is 11.8. The molecular weight excluding hydrogens is 395 g/mol. The lowest BCUT2D eigenvalue weighted by molar-refractivity contribution is -0.146. The maximum Gasteiger partial charge on any atom is 0.307 e. The van der Waals surface area contributed by atoms with Crippen LogP contribution in [0.2, 0.25) is 10.0 Å². The average molecular weight is 409 g/mol. The molecule has 0 bridgehead atoms. The largest absolute Gasteiger partial charge is 0.456 e. The monoisotopic (exact) mass is 408 g/mol. The lowest BCUT2D eigenvalue weighted by atomic mass is 10.2. The smallest absolute Gasteiger partial charge is 0.307 e. The van der Waals surface area contributed by atoms with Gasteiger partial charge in [0.2, 0.25) is 0 Å². The summed E-state index contributed by atoms with van der Waals surface area (Å²) in [5.41, 5.74) is 0.739. The molecule has 0 aliphatic carbocycles. The Morgan fingerprint density at radius 1 is 1.15 bits per heavy atom. The van der Waals surface area contributed by atoms with Crippen molar-refractivity contribution in [1.82, 2.24) is 0 Å². The number of esters is 1. The van der Waals surface area contributed by atoms with Crippen LogP contribution >= 0.6 is 35.0 Å². The Hall–Kier alpha value is -2.20. The normalized spacial score (nSPS) is 10.0. The van der Waals surface area contributed by atoms with Gasteiger partial charge in [-0.05, 0) is 42.5 Å². The van der Waals surface area contributed by atoms with E-state index < -0.39 is 11.9 Å². The Bertz CT molecular complexity index is 835. The van der Waals surface area contributed by atoms with Crippen LogP contribution in [0, 0.1) is 11.3 Å². The molecule has 0 heterocycles. The standard InChI is InChI=1S/C18H14Cl2N2O3S/c19-13-2-5-15(6-3-13)26-8-7-18(24)25-11-17(23)22-14-4-1-12(10-21)16(20)9-14/h1-6,9H,7-8,11H2,(H,22,23). The Morgan fingerprint density at radius 3 is 2.54 bits per heavy atom. The molecule has 0 fully saturated rings. The molecule has 26 heavy (non-hydrogen) atoms. The van der Waals surface area contributed by atoms with Crippen molar-refractivity contribution in [2.24, 2.45) is 0 Å². The number of nitriles is 1. The Balaban J connectivity index is 1.69. The third kappa shape index (κ3) is 6.60. The van der Waals surface area contributed by atoms with E-state index in [1.54, 1.807) is 18.2 Å². The molecule has 0 saturated carbocycles. The SMILES string of the molecule is N#Cc1ccc(NC(=O)COC(=O)CCSc2ccc(Cl)cc2)cc1Cl. The quantitative estimate of drug-likeness (QED) is 0.537. The van der Waals surface area contributed by atoms with Crippen LogP contribution < -0.4 is 5.32 Å². The minimum absolute atomic E-state index is 0.184. The molecule has 2 aromatic rings. The van der Waals surface area contributed by atoms with Crippen LogP contribution in [0.25, 0.3) is 0 Å². The number of thioether (sulfide) groups is 1. The van der Waals surface area contributed by atoms with Gasteiger partial charge in [0.25, 0.3) is 5.91 Å². The topological polar surface area (TPSA) is 79.2 Å². The number of benzene rings is 2. The predicted octanol–water partition coefficient (Wildman–Crippen LogP) is 4.53. The van der Waals surface area contributed by atoms with E-state index >= 15 is 0 Å². The van der Waals surface area contributed by atoms with E-state index in [0.717, 1.165) is 4.90 Å². The molecule has 0 aromatic heterocycles. The van der Waals surface area contributed by atoms with Gasteiger partial charge in [-0.2, -0.15) is 5.26 Å². The molecule has 2 rings (SSSR count). The second kappa shape index (κ2) is 10.1. The molecule has 0 radical (unpaired) electrons. The first-order chi connectivity index (χ1) is 12.5. The Kier molecular flexibility index (Phi) is 7.79. The minimum Gasteiger partial charge on any atom is -0.456 e. The summed E-state index contributed by atoms with van der Waals surface area (Å²) in [4.78, 5) is 24.5. The van der Waals surface area contributed by atoms with E-state index in [-0.39, 0.29) is 18.1 Å². The van der Waals surface area contributed by atoms with Crippen molar-refractivity contribution in [2.75, 3.05) is 17.7 Å². The van der Waals surface area contributed by atoms with Gasteiger partial charge in [0.1, 0.15) is 6.07 Å². The van der Waals surface area contributed by atoms with Crippen molar-refractivity contribution < 1.29 is 14.3 Å². The fourth-order valence-corrected chi connectivity index (χ4v) is 3.06. The van der Waals surface area contributed by atoms with Crippen LogP contribution in [0.1, 0.15) is 12.0 Å². The number of hydrogen-bond donors (Lipinski definition) is 1. The van der Waals surface area contributed by atoms with Crippen LogP contribution in [0.4, 0.5) is 5.69 Å². The summed E-state index contributed by atoms with van der Waals surface area (Å²) < 4.78 is 4.94. The zero-order valence-corrected chi connectivity index (χ0v) is 15.8. The van der Waals surface area contributed by atoms with E-state index in [1.807, 2.05) is 18.2 Å². The first kappa shape index (κ1) is 20.1. The predicted molar refractivity (Wildman–Crippen MR) is 103 cm³/mol. The summed E-state index contributed by atoms with van der Waals surface area (Å²) in [7, 11) is 0. The number of rotatable bonds is 7. The molecule has 2 aromatic carbocycles. The highest BCUT2D eigenvalue weighted by Crippen LogP contribution is 2.21. The van der Waals surface area contributed by atoms with Gasteiger partial charge in [0, 0.05) is 21.4 Å². The Morgan fingerprint density at radius 2 is 1.88 bits per heavy atom. The third-order valence-corrected chi connectivity index (χ3v) is 4.70. The number of hydrogen-bond acceptors (Lipinski definition) is 5. The molecule has 0 saturated heterocycles. The first-order valence-electron chi connectivity index (χ1n) is 7.51. The summed E-state index contributed by atoms with van der Waals surface area (Å²) in [6.45, 7) is -0.387. The fourth-order valence-electron chi connectivity index (χ4n) is 1.88. The average Bonchev–Trinajstić information content (AvgIpc) is 2.62. The molecule has 1 amide bonds. The Labute approximate surface area is 165 Å². The number of ether oxygens (including phenoxy) is 1. The van der Waals surface area contributed by atoms with E-state index in [1.165, 1.54) is 23.9 Å². The molecule has 1 N–H and O–H groups in total. The van der Waals surface area contributed by atoms with Crippen molar-refractivity contribution in [1.29, 1.82) is 5.26 Å². The van der Waals surface area contributed by atoms with Gasteiger partial charge in [-0.1, -0.05) is 23.2 Å². The van der Waals surface area contributed by atoms with Gasteiger partial charge < -0.3 is 10.1 Å². The van der Waals surface area contributed by atoms with Crippen molar-refractivity contribution in [3.63, 3.8) is 0 Å². The molecule has 0 aliphatic rings. The minimum atomic E-state index is -0.482. The van der Waals surface area contributed by atoms with Crippen LogP contribution in [0.3, 0.4) is 0 Å². The zero-order chi connectivity index (χ0) is 18.9. The maximum absolute atomic E-state index is 11.8. The summed E-state index contributed by atoms with van der Waals surface area (Å²) in [6, 6.07) is 13.7. The molecule has 134 valence electrons. The number of carbonyl (C=O) groups excluding carboxylic acids is 2. The number of amides is 1. The summed E-state index contributed by atoms with van der Waals surface area (Å²) in [6.07, 6.45) is 0.184.